The Morgan fingerprint density at radius 1 is 1.16 bits per heavy atom. The van der Waals surface area contributed by atoms with Crippen LogP contribution >= 0.6 is 12.6 Å². The third kappa shape index (κ3) is 8.18. The zero-order chi connectivity index (χ0) is 24.0. The number of hydrogen-bond donors (Lipinski definition) is 3. The highest BCUT2D eigenvalue weighted by Gasteiger charge is 2.35. The zero-order valence-corrected chi connectivity index (χ0v) is 20.2. The fraction of sp³-hybridized carbons (Fsp3) is 0.522. The molecule has 0 aliphatic heterocycles. The van der Waals surface area contributed by atoms with Crippen molar-refractivity contribution in [3.05, 3.63) is 35.4 Å². The lowest BCUT2D eigenvalue weighted by Gasteiger charge is -2.33. The lowest BCUT2D eigenvalue weighted by atomic mass is 9.97. The lowest BCUT2D eigenvalue weighted by Crippen LogP contribution is -2.54. The van der Waals surface area contributed by atoms with E-state index in [1.807, 2.05) is 20.8 Å². The Labute approximate surface area is 190 Å². The third-order valence-electron chi connectivity index (χ3n) is 4.06. The molecule has 2 atom stereocenters. The van der Waals surface area contributed by atoms with Crippen LogP contribution in [-0.2, 0) is 14.3 Å². The summed E-state index contributed by atoms with van der Waals surface area (Å²) in [5.74, 6) is 1.70. The predicted octanol–water partition coefficient (Wildman–Crippen LogP) is 2.91. The first kappa shape index (κ1) is 26.4. The van der Waals surface area contributed by atoms with Crippen molar-refractivity contribution in [2.75, 3.05) is 12.8 Å². The molecule has 0 aliphatic rings. The minimum Gasteiger partial charge on any atom is -0.444 e. The van der Waals surface area contributed by atoms with Crippen LogP contribution in [0.1, 0.15) is 58.7 Å². The molecule has 1 aromatic carbocycles. The van der Waals surface area contributed by atoms with Gasteiger partial charge in [-0.2, -0.15) is 12.6 Å². The van der Waals surface area contributed by atoms with E-state index in [4.69, 9.17) is 11.2 Å². The van der Waals surface area contributed by atoms with E-state index in [2.05, 4.69) is 29.2 Å². The molecule has 0 aliphatic carbocycles. The predicted molar refractivity (Wildman–Crippen MR) is 125 cm³/mol. The van der Waals surface area contributed by atoms with Crippen LogP contribution in [0, 0.1) is 12.3 Å². The van der Waals surface area contributed by atoms with Crippen LogP contribution in [0.4, 0.5) is 4.79 Å². The van der Waals surface area contributed by atoms with Crippen LogP contribution in [-0.4, -0.2) is 52.8 Å². The van der Waals surface area contributed by atoms with Crippen LogP contribution in [0.5, 0.6) is 0 Å². The first-order valence-electron chi connectivity index (χ1n) is 9.94. The van der Waals surface area contributed by atoms with Crippen molar-refractivity contribution in [2.24, 2.45) is 0 Å². The largest absolute Gasteiger partial charge is 0.444 e. The topological polar surface area (TPSA) is 87.7 Å². The van der Waals surface area contributed by atoms with Crippen molar-refractivity contribution < 1.29 is 19.1 Å². The molecule has 31 heavy (non-hydrogen) atoms. The minimum atomic E-state index is -0.998. The summed E-state index contributed by atoms with van der Waals surface area (Å²) in [6.07, 6.45) is 4.89. The maximum absolute atomic E-state index is 13.2. The number of carbonyl (C=O) groups excluding carboxylic acids is 3. The lowest BCUT2D eigenvalue weighted by molar-refractivity contribution is -0.141. The first-order chi connectivity index (χ1) is 14.2. The number of likely N-dealkylation sites (N-methyl/N-ethyl adjacent to an activating group) is 1. The summed E-state index contributed by atoms with van der Waals surface area (Å²) in [7, 11) is 1.50. The van der Waals surface area contributed by atoms with Gasteiger partial charge in [0, 0.05) is 23.9 Å². The fourth-order valence-corrected chi connectivity index (χ4v) is 3.09. The maximum atomic E-state index is 13.2. The highest BCUT2D eigenvalue weighted by Crippen LogP contribution is 2.25. The molecule has 8 heteroatoms. The number of rotatable bonds is 6. The van der Waals surface area contributed by atoms with Crippen LogP contribution in [0.3, 0.4) is 0 Å². The van der Waals surface area contributed by atoms with Gasteiger partial charge in [-0.15, -0.1) is 6.42 Å². The summed E-state index contributed by atoms with van der Waals surface area (Å²) < 4.78 is 5.23. The molecule has 0 saturated heterocycles. The van der Waals surface area contributed by atoms with Gasteiger partial charge in [-0.25, -0.2) is 4.79 Å². The number of thiol groups is 1. The van der Waals surface area contributed by atoms with E-state index >= 15 is 0 Å². The van der Waals surface area contributed by atoms with Gasteiger partial charge in [-0.3, -0.25) is 9.59 Å². The monoisotopic (exact) mass is 447 g/mol. The number of nitrogens with one attached hydrogen (secondary N) is 2. The smallest absolute Gasteiger partial charge is 0.408 e. The second-order valence-corrected chi connectivity index (χ2v) is 9.57. The Bertz CT molecular complexity index is 850. The molecule has 0 fully saturated rings. The van der Waals surface area contributed by atoms with E-state index in [1.165, 1.54) is 11.9 Å². The number of terminal acetylenes is 1. The molecule has 170 valence electrons. The molecule has 3 amide bonds. The Morgan fingerprint density at radius 2 is 1.74 bits per heavy atom. The third-order valence-corrected chi connectivity index (χ3v) is 4.43. The first-order valence-corrected chi connectivity index (χ1v) is 10.6. The molecule has 1 aromatic rings. The Hall–Kier alpha value is -2.66. The molecule has 0 saturated carbocycles. The van der Waals surface area contributed by atoms with Crippen LogP contribution in [0.15, 0.2) is 24.3 Å². The van der Waals surface area contributed by atoms with E-state index in [-0.39, 0.29) is 11.7 Å². The van der Waals surface area contributed by atoms with Gasteiger partial charge in [-0.05, 0) is 53.2 Å². The maximum Gasteiger partial charge on any atom is 0.408 e. The highest BCUT2D eigenvalue weighted by molar-refractivity contribution is 7.80. The number of amides is 3. The van der Waals surface area contributed by atoms with E-state index < -0.39 is 35.2 Å². The van der Waals surface area contributed by atoms with Gasteiger partial charge in [0.1, 0.15) is 17.7 Å². The second kappa shape index (κ2) is 10.6. The molecule has 0 radical (unpaired) electrons. The minimum absolute atomic E-state index is 0.0206. The van der Waals surface area contributed by atoms with Crippen molar-refractivity contribution in [1.82, 2.24) is 15.5 Å². The molecule has 0 spiro atoms. The van der Waals surface area contributed by atoms with E-state index in [0.717, 1.165) is 0 Å². The van der Waals surface area contributed by atoms with Crippen LogP contribution < -0.4 is 10.6 Å². The molecule has 2 N–H and O–H groups in total. The normalized spacial score (nSPS) is 13.4. The summed E-state index contributed by atoms with van der Waals surface area (Å²) in [4.78, 5) is 39.9. The van der Waals surface area contributed by atoms with Crippen molar-refractivity contribution in [2.45, 2.75) is 64.8 Å². The molecule has 0 heterocycles. The van der Waals surface area contributed by atoms with Crippen molar-refractivity contribution in [3.8, 4) is 12.3 Å². The summed E-state index contributed by atoms with van der Waals surface area (Å²) in [6, 6.07) is 4.94. The molecule has 2 unspecified atom stereocenters. The van der Waals surface area contributed by atoms with Crippen LogP contribution in [0.25, 0.3) is 0 Å². The Balaban J connectivity index is 3.28. The number of benzene rings is 1. The second-order valence-electron chi connectivity index (χ2n) is 9.20. The summed E-state index contributed by atoms with van der Waals surface area (Å²) >= 11 is 4.20. The van der Waals surface area contributed by atoms with Crippen molar-refractivity contribution >= 4 is 30.5 Å². The fourth-order valence-electron chi connectivity index (χ4n) is 2.84. The summed E-state index contributed by atoms with van der Waals surface area (Å²) in [5, 5.41) is 5.43. The van der Waals surface area contributed by atoms with Gasteiger partial charge in [0.05, 0.1) is 0 Å². The van der Waals surface area contributed by atoms with Crippen LogP contribution in [0.2, 0.25) is 0 Å². The quantitative estimate of drug-likeness (QED) is 0.462. The standard InChI is InChI=1S/C23H33N3O4S/c1-9-15-12-10-11-13-16(15)18(19(27)25-22(2,3)4)26(8)20(28)17(14-31)24-21(29)30-23(5,6)7/h1,10-13,17-18,31H,14H2,2-8H3,(H,24,29)(H,25,27). The SMILES string of the molecule is C#Cc1ccccc1C(C(=O)NC(C)(C)C)N(C)C(=O)C(CS)NC(=O)OC(C)(C)C. The summed E-state index contributed by atoms with van der Waals surface area (Å²) in [6.45, 7) is 10.7. The molecular formula is C23H33N3O4S. The number of alkyl carbamates (subject to hydrolysis) is 1. The zero-order valence-electron chi connectivity index (χ0n) is 19.3. The molecule has 0 aromatic heterocycles. The average molecular weight is 448 g/mol. The molecule has 1 rings (SSSR count). The van der Waals surface area contributed by atoms with E-state index in [9.17, 15) is 14.4 Å². The van der Waals surface area contributed by atoms with E-state index in [0.29, 0.717) is 11.1 Å². The Morgan fingerprint density at radius 3 is 2.23 bits per heavy atom. The van der Waals surface area contributed by atoms with Crippen molar-refractivity contribution in [1.29, 1.82) is 0 Å². The number of carbonyl (C=O) groups is 3. The number of nitrogens with zero attached hydrogens (tertiary/aromatic N) is 1. The summed E-state index contributed by atoms with van der Waals surface area (Å²) in [5.41, 5.74) is -0.236. The van der Waals surface area contributed by atoms with Gasteiger partial charge in [0.15, 0.2) is 0 Å². The molecule has 7 nitrogen and oxygen atoms in total. The average Bonchev–Trinajstić information content (AvgIpc) is 2.63. The van der Waals surface area contributed by atoms with Gasteiger partial charge < -0.3 is 20.3 Å². The Kier molecular flexibility index (Phi) is 9.00. The van der Waals surface area contributed by atoms with Gasteiger partial charge >= 0.3 is 6.09 Å². The van der Waals surface area contributed by atoms with Gasteiger partial charge in [0.2, 0.25) is 11.8 Å². The van der Waals surface area contributed by atoms with Crippen molar-refractivity contribution in [3.63, 3.8) is 0 Å². The molecule has 0 bridgehead atoms. The number of hydrogen-bond acceptors (Lipinski definition) is 5. The van der Waals surface area contributed by atoms with Gasteiger partial charge in [0.25, 0.3) is 0 Å². The van der Waals surface area contributed by atoms with Gasteiger partial charge in [-0.1, -0.05) is 24.1 Å². The van der Waals surface area contributed by atoms with E-state index in [1.54, 1.807) is 45.0 Å². The molecular weight excluding hydrogens is 414 g/mol. The number of ether oxygens (including phenoxy) is 1. The highest BCUT2D eigenvalue weighted by atomic mass is 32.1.